The SMILES string of the molecule is FCCCCCC1CCC(C2CCC(C3CCC(CCCF)CC3)CC2)CC1. The van der Waals surface area contributed by atoms with Gasteiger partial charge >= 0.3 is 0 Å². The summed E-state index contributed by atoms with van der Waals surface area (Å²) in [6.07, 6.45) is 23.8. The van der Waals surface area contributed by atoms with Gasteiger partial charge in [0.15, 0.2) is 0 Å². The average molecular weight is 397 g/mol. The normalized spacial score (nSPS) is 37.1. The maximum Gasteiger partial charge on any atom is 0.0894 e. The third-order valence-corrected chi connectivity index (χ3v) is 8.92. The Morgan fingerprint density at radius 3 is 1.14 bits per heavy atom. The van der Waals surface area contributed by atoms with Gasteiger partial charge in [-0.3, -0.25) is 8.78 Å². The molecule has 3 rings (SSSR count). The van der Waals surface area contributed by atoms with E-state index >= 15 is 0 Å². The predicted molar refractivity (Wildman–Crippen MR) is 116 cm³/mol. The first kappa shape index (κ1) is 22.5. The van der Waals surface area contributed by atoms with Crippen molar-refractivity contribution in [3.8, 4) is 0 Å². The number of rotatable bonds is 10. The summed E-state index contributed by atoms with van der Waals surface area (Å²) in [5, 5.41) is 0. The molecule has 164 valence electrons. The summed E-state index contributed by atoms with van der Waals surface area (Å²) in [6.45, 7) is -0.249. The van der Waals surface area contributed by atoms with E-state index in [1.54, 1.807) is 0 Å². The number of alkyl halides is 2. The van der Waals surface area contributed by atoms with Gasteiger partial charge < -0.3 is 0 Å². The lowest BCUT2D eigenvalue weighted by molar-refractivity contribution is 0.102. The first-order valence-corrected chi connectivity index (χ1v) is 12.9. The molecule has 28 heavy (non-hydrogen) atoms. The molecule has 0 aromatic carbocycles. The van der Waals surface area contributed by atoms with Gasteiger partial charge in [0, 0.05) is 0 Å². The summed E-state index contributed by atoms with van der Waals surface area (Å²) in [5.41, 5.74) is 0. The van der Waals surface area contributed by atoms with Crippen molar-refractivity contribution in [2.45, 2.75) is 116 Å². The minimum atomic E-state index is -0.129. The number of hydrogen-bond donors (Lipinski definition) is 0. The Bertz CT molecular complexity index is 385. The second kappa shape index (κ2) is 12.5. The molecule has 3 aliphatic rings. The number of hydrogen-bond acceptors (Lipinski definition) is 0. The third-order valence-electron chi connectivity index (χ3n) is 8.92. The van der Waals surface area contributed by atoms with Crippen molar-refractivity contribution in [1.29, 1.82) is 0 Å². The maximum atomic E-state index is 12.4. The van der Waals surface area contributed by atoms with Crippen LogP contribution in [0.15, 0.2) is 0 Å². The summed E-state index contributed by atoms with van der Waals surface area (Å²) in [5.74, 6) is 5.80. The van der Waals surface area contributed by atoms with E-state index in [0.717, 1.165) is 61.2 Å². The Balaban J connectivity index is 1.29. The van der Waals surface area contributed by atoms with Gasteiger partial charge in [-0.1, -0.05) is 44.9 Å². The van der Waals surface area contributed by atoms with E-state index in [4.69, 9.17) is 0 Å². The van der Waals surface area contributed by atoms with E-state index in [2.05, 4.69) is 0 Å². The lowest BCUT2D eigenvalue weighted by Gasteiger charge is -2.41. The van der Waals surface area contributed by atoms with Crippen LogP contribution in [-0.4, -0.2) is 13.3 Å². The molecule has 3 aliphatic carbocycles. The van der Waals surface area contributed by atoms with Crippen LogP contribution in [0.1, 0.15) is 116 Å². The number of unbranched alkanes of at least 4 members (excludes halogenated alkanes) is 2. The zero-order valence-electron chi connectivity index (χ0n) is 18.4. The molecule has 0 aromatic heterocycles. The third kappa shape index (κ3) is 6.98. The lowest BCUT2D eigenvalue weighted by atomic mass is 9.64. The minimum absolute atomic E-state index is 0.120. The van der Waals surface area contributed by atoms with Crippen LogP contribution in [0, 0.1) is 35.5 Å². The Kier molecular flexibility index (Phi) is 10.1. The Hall–Kier alpha value is -0.140. The van der Waals surface area contributed by atoms with Crippen LogP contribution >= 0.6 is 0 Å². The van der Waals surface area contributed by atoms with Crippen molar-refractivity contribution in [3.05, 3.63) is 0 Å². The minimum Gasteiger partial charge on any atom is -0.251 e. The van der Waals surface area contributed by atoms with Gasteiger partial charge in [0.1, 0.15) is 0 Å². The molecule has 0 nitrogen and oxygen atoms in total. The van der Waals surface area contributed by atoms with Crippen LogP contribution in [0.25, 0.3) is 0 Å². The summed E-state index contributed by atoms with van der Waals surface area (Å²) in [4.78, 5) is 0. The Labute approximate surface area is 173 Å². The molecular formula is C26H46F2. The van der Waals surface area contributed by atoms with E-state index in [9.17, 15) is 8.78 Å². The monoisotopic (exact) mass is 396 g/mol. The molecule has 3 saturated carbocycles. The van der Waals surface area contributed by atoms with Gasteiger partial charge in [-0.05, 0) is 106 Å². The fourth-order valence-corrected chi connectivity index (χ4v) is 7.05. The molecule has 0 saturated heterocycles. The molecule has 2 heteroatoms. The first-order chi connectivity index (χ1) is 13.8. The predicted octanol–water partition coefficient (Wildman–Crippen LogP) is 8.69. The van der Waals surface area contributed by atoms with Crippen LogP contribution in [0.5, 0.6) is 0 Å². The second-order valence-corrected chi connectivity index (χ2v) is 10.6. The maximum absolute atomic E-state index is 12.4. The Morgan fingerprint density at radius 2 is 0.750 bits per heavy atom. The van der Waals surface area contributed by atoms with Gasteiger partial charge in [0.05, 0.1) is 13.3 Å². The zero-order chi connectivity index (χ0) is 19.6. The van der Waals surface area contributed by atoms with Gasteiger partial charge in [-0.15, -0.1) is 0 Å². The van der Waals surface area contributed by atoms with E-state index in [1.807, 2.05) is 0 Å². The molecule has 0 heterocycles. The smallest absolute Gasteiger partial charge is 0.0894 e. The van der Waals surface area contributed by atoms with Gasteiger partial charge in [0.25, 0.3) is 0 Å². The average Bonchev–Trinajstić information content (AvgIpc) is 2.76. The topological polar surface area (TPSA) is 0 Å². The molecule has 0 spiro atoms. The Morgan fingerprint density at radius 1 is 0.393 bits per heavy atom. The molecule has 0 bridgehead atoms. The largest absolute Gasteiger partial charge is 0.251 e. The van der Waals surface area contributed by atoms with Gasteiger partial charge in [0.2, 0.25) is 0 Å². The standard InChI is InChI=1S/C26H46F2/c27-19-3-1-2-5-21-7-11-23(12-8-21)25-15-17-26(18-16-25)24-13-9-22(10-14-24)6-4-20-28/h21-26H,1-20H2. The molecule has 0 atom stereocenters. The molecular weight excluding hydrogens is 350 g/mol. The second-order valence-electron chi connectivity index (χ2n) is 10.6. The van der Waals surface area contributed by atoms with E-state index < -0.39 is 0 Å². The van der Waals surface area contributed by atoms with E-state index in [-0.39, 0.29) is 13.3 Å². The molecule has 0 unspecified atom stereocenters. The quantitative estimate of drug-likeness (QED) is 0.324. The van der Waals surface area contributed by atoms with Crippen molar-refractivity contribution in [3.63, 3.8) is 0 Å². The summed E-state index contributed by atoms with van der Waals surface area (Å²) < 4.78 is 24.6. The summed E-state index contributed by atoms with van der Waals surface area (Å²) >= 11 is 0. The van der Waals surface area contributed by atoms with Gasteiger partial charge in [-0.2, -0.15) is 0 Å². The highest BCUT2D eigenvalue weighted by atomic mass is 19.1. The highest BCUT2D eigenvalue weighted by Crippen LogP contribution is 2.46. The van der Waals surface area contributed by atoms with Crippen molar-refractivity contribution in [1.82, 2.24) is 0 Å². The molecule has 0 N–H and O–H groups in total. The van der Waals surface area contributed by atoms with Crippen molar-refractivity contribution < 1.29 is 8.78 Å². The van der Waals surface area contributed by atoms with Crippen LogP contribution in [0.4, 0.5) is 8.78 Å². The van der Waals surface area contributed by atoms with Crippen LogP contribution < -0.4 is 0 Å². The molecule has 3 fully saturated rings. The lowest BCUT2D eigenvalue weighted by Crippen LogP contribution is -2.29. The van der Waals surface area contributed by atoms with Crippen LogP contribution in [0.3, 0.4) is 0 Å². The fourth-order valence-electron chi connectivity index (χ4n) is 7.05. The van der Waals surface area contributed by atoms with Crippen molar-refractivity contribution in [2.75, 3.05) is 13.3 Å². The van der Waals surface area contributed by atoms with Crippen molar-refractivity contribution in [2.24, 2.45) is 35.5 Å². The van der Waals surface area contributed by atoms with Crippen LogP contribution in [0.2, 0.25) is 0 Å². The fraction of sp³-hybridized carbons (Fsp3) is 1.00. The highest BCUT2D eigenvalue weighted by Gasteiger charge is 2.34. The molecule has 0 aromatic rings. The number of halogens is 2. The van der Waals surface area contributed by atoms with Crippen molar-refractivity contribution >= 4 is 0 Å². The van der Waals surface area contributed by atoms with E-state index in [1.165, 1.54) is 89.9 Å². The molecule has 0 radical (unpaired) electrons. The van der Waals surface area contributed by atoms with E-state index in [0.29, 0.717) is 0 Å². The molecule has 0 aliphatic heterocycles. The molecule has 0 amide bonds. The van der Waals surface area contributed by atoms with Crippen LogP contribution in [-0.2, 0) is 0 Å². The highest BCUT2D eigenvalue weighted by molar-refractivity contribution is 4.85. The van der Waals surface area contributed by atoms with Gasteiger partial charge in [-0.25, -0.2) is 0 Å². The summed E-state index contributed by atoms with van der Waals surface area (Å²) in [6, 6.07) is 0. The zero-order valence-corrected chi connectivity index (χ0v) is 18.4. The first-order valence-electron chi connectivity index (χ1n) is 12.9. The summed E-state index contributed by atoms with van der Waals surface area (Å²) in [7, 11) is 0.